The summed E-state index contributed by atoms with van der Waals surface area (Å²) in [5.41, 5.74) is 11.8. The van der Waals surface area contributed by atoms with Gasteiger partial charge in [-0.2, -0.15) is 5.26 Å². The summed E-state index contributed by atoms with van der Waals surface area (Å²) in [6.07, 6.45) is -0.442. The van der Waals surface area contributed by atoms with Gasteiger partial charge in [-0.1, -0.05) is 133 Å². The van der Waals surface area contributed by atoms with Crippen LogP contribution in [0.1, 0.15) is 34.6 Å². The summed E-state index contributed by atoms with van der Waals surface area (Å²) in [5.74, 6) is 0.728. The second kappa shape index (κ2) is 12.9. The minimum atomic E-state index is -0.268. The lowest BCUT2D eigenvalue weighted by Gasteiger charge is -2.32. The van der Waals surface area contributed by atoms with Gasteiger partial charge in [0, 0.05) is 16.3 Å². The SMILES string of the molecule is N#Cc1cc(C2=NC(c3ccccc3)NC(c3ccccc3)N2)cc(-c2ccc3oc4cccc(-c5ccc(-c6ccccc6)cc5)c4c3c2)c1. The molecule has 9 rings (SSSR count). The number of nitrogens with one attached hydrogen (secondary N) is 2. The van der Waals surface area contributed by atoms with E-state index in [-0.39, 0.29) is 12.3 Å². The maximum Gasteiger partial charge on any atom is 0.136 e. The van der Waals surface area contributed by atoms with Crippen molar-refractivity contribution < 1.29 is 4.42 Å². The zero-order valence-electron chi connectivity index (χ0n) is 27.6. The van der Waals surface area contributed by atoms with Crippen molar-refractivity contribution in [3.8, 4) is 39.4 Å². The molecule has 2 unspecified atom stereocenters. The molecule has 0 amide bonds. The third-order valence-electron chi connectivity index (χ3n) is 9.58. The fourth-order valence-electron chi connectivity index (χ4n) is 7.04. The first-order valence-electron chi connectivity index (χ1n) is 17.1. The van der Waals surface area contributed by atoms with E-state index < -0.39 is 0 Å². The van der Waals surface area contributed by atoms with E-state index in [0.29, 0.717) is 5.56 Å². The summed E-state index contributed by atoms with van der Waals surface area (Å²) >= 11 is 0. The molecule has 2 atom stereocenters. The molecule has 2 heterocycles. The Balaban J connectivity index is 1.13. The van der Waals surface area contributed by atoms with Gasteiger partial charge in [0.25, 0.3) is 0 Å². The van der Waals surface area contributed by atoms with Gasteiger partial charge < -0.3 is 9.73 Å². The maximum atomic E-state index is 10.2. The molecule has 242 valence electrons. The number of nitriles is 1. The molecule has 0 spiro atoms. The topological polar surface area (TPSA) is 73.3 Å². The zero-order chi connectivity index (χ0) is 34.1. The summed E-state index contributed by atoms with van der Waals surface area (Å²) in [4.78, 5) is 5.13. The van der Waals surface area contributed by atoms with Crippen LogP contribution in [0.5, 0.6) is 0 Å². The second-order valence-corrected chi connectivity index (χ2v) is 12.8. The van der Waals surface area contributed by atoms with Crippen LogP contribution in [0.4, 0.5) is 0 Å². The first-order chi connectivity index (χ1) is 25.2. The number of nitrogens with zero attached hydrogens (tertiary/aromatic N) is 2. The van der Waals surface area contributed by atoms with Gasteiger partial charge in [0.15, 0.2) is 0 Å². The van der Waals surface area contributed by atoms with Crippen molar-refractivity contribution in [2.75, 3.05) is 0 Å². The van der Waals surface area contributed by atoms with Gasteiger partial charge >= 0.3 is 0 Å². The number of aliphatic imine (C=N–C) groups is 1. The molecule has 1 aliphatic heterocycles. The lowest BCUT2D eigenvalue weighted by atomic mass is 9.95. The Hall–Kier alpha value is -6.74. The number of furan rings is 1. The normalized spacial score (nSPS) is 15.6. The number of benzene rings is 7. The van der Waals surface area contributed by atoms with E-state index in [1.807, 2.05) is 72.8 Å². The van der Waals surface area contributed by atoms with Gasteiger partial charge in [0.1, 0.15) is 29.3 Å². The van der Waals surface area contributed by atoms with Gasteiger partial charge in [-0.25, -0.2) is 4.99 Å². The van der Waals surface area contributed by atoms with Crippen LogP contribution >= 0.6 is 0 Å². The van der Waals surface area contributed by atoms with Crippen LogP contribution in [0.2, 0.25) is 0 Å². The molecule has 0 bridgehead atoms. The Morgan fingerprint density at radius 2 is 1.18 bits per heavy atom. The van der Waals surface area contributed by atoms with Gasteiger partial charge in [-0.05, 0) is 80.9 Å². The molecular weight excluding hydrogens is 625 g/mol. The van der Waals surface area contributed by atoms with Gasteiger partial charge in [0.05, 0.1) is 11.6 Å². The van der Waals surface area contributed by atoms with Crippen LogP contribution < -0.4 is 10.6 Å². The Morgan fingerprint density at radius 1 is 0.529 bits per heavy atom. The zero-order valence-corrected chi connectivity index (χ0v) is 27.6. The Labute approximate surface area is 296 Å². The highest BCUT2D eigenvalue weighted by molar-refractivity contribution is 6.13. The third kappa shape index (κ3) is 5.84. The number of hydrogen-bond donors (Lipinski definition) is 2. The number of amidine groups is 1. The molecule has 5 nitrogen and oxygen atoms in total. The molecule has 2 N–H and O–H groups in total. The first kappa shape index (κ1) is 30.3. The lowest BCUT2D eigenvalue weighted by molar-refractivity contribution is 0.409. The summed E-state index contributed by atoms with van der Waals surface area (Å²) in [5, 5.41) is 19.6. The molecule has 5 heteroatoms. The molecule has 0 fully saturated rings. The van der Waals surface area contributed by atoms with E-state index in [1.165, 1.54) is 11.1 Å². The van der Waals surface area contributed by atoms with E-state index in [4.69, 9.17) is 9.41 Å². The molecule has 1 aliphatic rings. The standard InChI is InChI=1S/C46H32N4O/c47-29-30-25-37(27-38(26-30)46-49-44(34-13-6-2-7-14-34)48-45(50-46)35-15-8-3-9-16-35)36-23-24-41-40(28-36)43-39(17-10-18-42(43)51-41)33-21-19-32(20-22-33)31-11-4-1-5-12-31/h1-28,44-45,48H,(H,49,50). The van der Waals surface area contributed by atoms with Crippen molar-refractivity contribution in [2.45, 2.75) is 12.3 Å². The van der Waals surface area contributed by atoms with Crippen molar-refractivity contribution in [3.05, 3.63) is 192 Å². The van der Waals surface area contributed by atoms with Crippen LogP contribution in [-0.4, -0.2) is 5.84 Å². The maximum absolute atomic E-state index is 10.2. The summed E-state index contributed by atoms with van der Waals surface area (Å²) in [7, 11) is 0. The fourth-order valence-corrected chi connectivity index (χ4v) is 7.04. The van der Waals surface area contributed by atoms with Gasteiger partial charge in [-0.15, -0.1) is 0 Å². The van der Waals surface area contributed by atoms with E-state index >= 15 is 0 Å². The molecule has 7 aromatic carbocycles. The highest BCUT2D eigenvalue weighted by atomic mass is 16.3. The van der Waals surface area contributed by atoms with Crippen LogP contribution in [0.15, 0.2) is 179 Å². The predicted octanol–water partition coefficient (Wildman–Crippen LogP) is 10.8. The monoisotopic (exact) mass is 656 g/mol. The Bertz CT molecular complexity index is 2590. The fraction of sp³-hybridized carbons (Fsp3) is 0.0435. The Kier molecular flexibility index (Phi) is 7.70. The lowest BCUT2D eigenvalue weighted by Crippen LogP contribution is -2.45. The van der Waals surface area contributed by atoms with Crippen LogP contribution in [0.25, 0.3) is 55.3 Å². The van der Waals surface area contributed by atoms with Crippen LogP contribution in [0, 0.1) is 11.3 Å². The molecule has 0 saturated heterocycles. The van der Waals surface area contributed by atoms with Crippen LogP contribution in [0.3, 0.4) is 0 Å². The quantitative estimate of drug-likeness (QED) is 0.187. The van der Waals surface area contributed by atoms with Crippen LogP contribution in [-0.2, 0) is 0 Å². The molecule has 1 aromatic heterocycles. The largest absolute Gasteiger partial charge is 0.456 e. The van der Waals surface area contributed by atoms with Gasteiger partial charge in [-0.3, -0.25) is 5.32 Å². The number of fused-ring (bicyclic) bond motifs is 3. The highest BCUT2D eigenvalue weighted by Crippen LogP contribution is 2.39. The highest BCUT2D eigenvalue weighted by Gasteiger charge is 2.26. The van der Waals surface area contributed by atoms with Crippen molar-refractivity contribution >= 4 is 27.8 Å². The van der Waals surface area contributed by atoms with E-state index in [1.54, 1.807) is 0 Å². The minimum Gasteiger partial charge on any atom is -0.456 e. The molecule has 51 heavy (non-hydrogen) atoms. The molecule has 0 radical (unpaired) electrons. The summed E-state index contributed by atoms with van der Waals surface area (Å²) < 4.78 is 6.38. The number of rotatable bonds is 6. The van der Waals surface area contributed by atoms with Crippen molar-refractivity contribution in [3.63, 3.8) is 0 Å². The predicted molar refractivity (Wildman–Crippen MR) is 206 cm³/mol. The van der Waals surface area contributed by atoms with E-state index in [9.17, 15) is 5.26 Å². The van der Waals surface area contributed by atoms with E-state index in [0.717, 1.165) is 66.7 Å². The van der Waals surface area contributed by atoms with Crippen molar-refractivity contribution in [2.24, 2.45) is 4.99 Å². The molecular formula is C46H32N4O. The van der Waals surface area contributed by atoms with Crippen molar-refractivity contribution in [1.82, 2.24) is 10.6 Å². The molecule has 8 aromatic rings. The second-order valence-electron chi connectivity index (χ2n) is 12.8. The van der Waals surface area contributed by atoms with E-state index in [2.05, 4.69) is 114 Å². The van der Waals surface area contributed by atoms with Crippen molar-refractivity contribution in [1.29, 1.82) is 5.26 Å². The molecule has 0 aliphatic carbocycles. The summed E-state index contributed by atoms with van der Waals surface area (Å²) in [6, 6.07) is 60.5. The third-order valence-corrected chi connectivity index (χ3v) is 9.58. The average Bonchev–Trinajstić information content (AvgIpc) is 3.60. The minimum absolute atomic E-state index is 0.174. The first-order valence-corrected chi connectivity index (χ1v) is 17.1. The smallest absolute Gasteiger partial charge is 0.136 e. The van der Waals surface area contributed by atoms with Gasteiger partial charge in [0.2, 0.25) is 0 Å². The Morgan fingerprint density at radius 3 is 1.92 bits per heavy atom. The average molecular weight is 657 g/mol. The molecule has 0 saturated carbocycles. The summed E-state index contributed by atoms with van der Waals surface area (Å²) in [6.45, 7) is 0. The number of hydrogen-bond acceptors (Lipinski definition) is 5.